The largest absolute Gasteiger partial charge is 0.461 e. The predicted octanol–water partition coefficient (Wildman–Crippen LogP) is 3.04. The minimum absolute atomic E-state index is 0.667. The lowest BCUT2D eigenvalue weighted by molar-refractivity contribution is 0.125. The first-order valence-electron chi connectivity index (χ1n) is 9.65. The monoisotopic (exact) mass is 338 g/mol. The Morgan fingerprint density at radius 1 is 1.04 bits per heavy atom. The summed E-state index contributed by atoms with van der Waals surface area (Å²) in [6.45, 7) is 6.03. The quantitative estimate of drug-likeness (QED) is 0.838. The summed E-state index contributed by atoms with van der Waals surface area (Å²) in [7, 11) is 0. The van der Waals surface area contributed by atoms with E-state index in [-0.39, 0.29) is 0 Å². The van der Waals surface area contributed by atoms with Crippen molar-refractivity contribution in [3.8, 4) is 11.6 Å². The van der Waals surface area contributed by atoms with Crippen molar-refractivity contribution in [3.63, 3.8) is 0 Å². The van der Waals surface area contributed by atoms with Gasteiger partial charge in [0.05, 0.1) is 6.26 Å². The number of hydrogen-bond donors (Lipinski definition) is 0. The zero-order chi connectivity index (χ0) is 16.6. The van der Waals surface area contributed by atoms with Crippen molar-refractivity contribution >= 4 is 0 Å². The van der Waals surface area contributed by atoms with Crippen LogP contribution in [0.2, 0.25) is 0 Å². The van der Waals surface area contributed by atoms with E-state index in [9.17, 15) is 0 Å². The van der Waals surface area contributed by atoms with E-state index in [2.05, 4.69) is 19.8 Å². The van der Waals surface area contributed by atoms with E-state index in [1.165, 1.54) is 57.4 Å². The van der Waals surface area contributed by atoms with E-state index in [0.717, 1.165) is 30.2 Å². The maximum atomic E-state index is 5.37. The Bertz CT molecular complexity index is 695. The van der Waals surface area contributed by atoms with E-state index in [4.69, 9.17) is 4.42 Å². The normalized spacial score (nSPS) is 27.5. The molecule has 4 aliphatic rings. The summed E-state index contributed by atoms with van der Waals surface area (Å²) in [5.74, 6) is 3.23. The van der Waals surface area contributed by atoms with E-state index in [0.29, 0.717) is 5.82 Å². The number of rotatable bonds is 5. The average molecular weight is 338 g/mol. The standard InChI is InChI=1S/C20H26N4O/c1-2-19(25-7-1)20-21-8-17(9-22-20)11-23-10-16-5-6-18(14-23)24(13-16)12-15-3-4-15/h1-2,7-9,15-16,18H,3-6,10-14H2/t16-,18+/m0/s1. The van der Waals surface area contributed by atoms with Crippen molar-refractivity contribution in [1.29, 1.82) is 0 Å². The zero-order valence-corrected chi connectivity index (χ0v) is 14.7. The average Bonchev–Trinajstić information content (AvgIpc) is 3.35. The maximum Gasteiger partial charge on any atom is 0.195 e. The molecule has 0 unspecified atom stereocenters. The van der Waals surface area contributed by atoms with Gasteiger partial charge in [-0.3, -0.25) is 9.80 Å². The molecule has 132 valence electrons. The molecular formula is C20H26N4O. The molecule has 6 rings (SSSR count). The molecule has 5 heterocycles. The second-order valence-corrected chi connectivity index (χ2v) is 8.08. The minimum Gasteiger partial charge on any atom is -0.461 e. The summed E-state index contributed by atoms with van der Waals surface area (Å²) in [6, 6.07) is 4.52. The number of aromatic nitrogens is 2. The molecule has 3 saturated heterocycles. The Hall–Kier alpha value is -1.72. The second-order valence-electron chi connectivity index (χ2n) is 8.08. The molecule has 2 atom stereocenters. The number of hydrogen-bond acceptors (Lipinski definition) is 5. The molecule has 25 heavy (non-hydrogen) atoms. The molecule has 5 heteroatoms. The maximum absolute atomic E-state index is 5.37. The zero-order valence-electron chi connectivity index (χ0n) is 14.7. The number of piperidine rings is 1. The smallest absolute Gasteiger partial charge is 0.195 e. The molecule has 4 fully saturated rings. The first kappa shape index (κ1) is 15.5. The van der Waals surface area contributed by atoms with Crippen molar-refractivity contribution < 1.29 is 4.42 Å². The van der Waals surface area contributed by atoms with Crippen LogP contribution in [0.5, 0.6) is 0 Å². The summed E-state index contributed by atoms with van der Waals surface area (Å²) < 4.78 is 5.37. The van der Waals surface area contributed by atoms with Crippen LogP contribution in [0.3, 0.4) is 0 Å². The van der Waals surface area contributed by atoms with Crippen molar-refractivity contribution in [3.05, 3.63) is 36.4 Å². The van der Waals surface area contributed by atoms with Gasteiger partial charge in [0, 0.05) is 56.7 Å². The van der Waals surface area contributed by atoms with Crippen LogP contribution >= 0.6 is 0 Å². The lowest BCUT2D eigenvalue weighted by atomic mass is 9.95. The van der Waals surface area contributed by atoms with Crippen LogP contribution in [0, 0.1) is 11.8 Å². The summed E-state index contributed by atoms with van der Waals surface area (Å²) in [4.78, 5) is 14.4. The van der Waals surface area contributed by atoms with Gasteiger partial charge in [-0.1, -0.05) is 0 Å². The fraction of sp³-hybridized carbons (Fsp3) is 0.600. The molecule has 2 aromatic heterocycles. The number of nitrogens with zero attached hydrogens (tertiary/aromatic N) is 4. The van der Waals surface area contributed by atoms with Gasteiger partial charge in [-0.15, -0.1) is 0 Å². The lowest BCUT2D eigenvalue weighted by Gasteiger charge is -2.36. The van der Waals surface area contributed by atoms with Crippen LogP contribution < -0.4 is 0 Å². The topological polar surface area (TPSA) is 45.4 Å². The van der Waals surface area contributed by atoms with E-state index < -0.39 is 0 Å². The highest BCUT2D eigenvalue weighted by molar-refractivity contribution is 5.45. The third kappa shape index (κ3) is 3.48. The molecule has 5 nitrogen and oxygen atoms in total. The molecule has 0 radical (unpaired) electrons. The Kier molecular flexibility index (Phi) is 4.06. The van der Waals surface area contributed by atoms with Gasteiger partial charge in [0.2, 0.25) is 0 Å². The van der Waals surface area contributed by atoms with Crippen molar-refractivity contribution in [2.75, 3.05) is 26.2 Å². The lowest BCUT2D eigenvalue weighted by Crippen LogP contribution is -2.44. The highest BCUT2D eigenvalue weighted by Crippen LogP contribution is 2.35. The van der Waals surface area contributed by atoms with Crippen LogP contribution in [0.1, 0.15) is 31.2 Å². The fourth-order valence-corrected chi connectivity index (χ4v) is 4.49. The van der Waals surface area contributed by atoms with Gasteiger partial charge in [0.15, 0.2) is 11.6 Å². The van der Waals surface area contributed by atoms with Gasteiger partial charge >= 0.3 is 0 Å². The highest BCUT2D eigenvalue weighted by atomic mass is 16.3. The molecule has 0 aromatic carbocycles. The van der Waals surface area contributed by atoms with Crippen molar-refractivity contribution in [2.45, 2.75) is 38.3 Å². The van der Waals surface area contributed by atoms with Crippen LogP contribution in [-0.2, 0) is 6.54 Å². The van der Waals surface area contributed by atoms with Crippen molar-refractivity contribution in [1.82, 2.24) is 19.8 Å². The van der Waals surface area contributed by atoms with Crippen LogP contribution in [-0.4, -0.2) is 52.0 Å². The van der Waals surface area contributed by atoms with Crippen LogP contribution in [0.15, 0.2) is 35.2 Å². The Morgan fingerprint density at radius 3 is 2.68 bits per heavy atom. The Labute approximate surface area is 149 Å². The third-order valence-corrected chi connectivity index (χ3v) is 5.95. The second kappa shape index (κ2) is 6.54. The van der Waals surface area contributed by atoms with E-state index >= 15 is 0 Å². The molecule has 1 aliphatic carbocycles. The van der Waals surface area contributed by atoms with Crippen molar-refractivity contribution in [2.24, 2.45) is 11.8 Å². The molecular weight excluding hydrogens is 312 g/mol. The molecule has 0 spiro atoms. The van der Waals surface area contributed by atoms with Gasteiger partial charge in [0.25, 0.3) is 0 Å². The Balaban J connectivity index is 1.25. The summed E-state index contributed by atoms with van der Waals surface area (Å²) in [5.41, 5.74) is 1.20. The van der Waals surface area contributed by atoms with Gasteiger partial charge in [-0.25, -0.2) is 9.97 Å². The first-order chi connectivity index (χ1) is 12.3. The first-order valence-corrected chi connectivity index (χ1v) is 9.65. The van der Waals surface area contributed by atoms with Gasteiger partial charge in [-0.05, 0) is 49.7 Å². The van der Waals surface area contributed by atoms with Gasteiger partial charge in [0.1, 0.15) is 0 Å². The highest BCUT2D eigenvalue weighted by Gasteiger charge is 2.37. The van der Waals surface area contributed by atoms with E-state index in [1.54, 1.807) is 6.26 Å². The van der Waals surface area contributed by atoms with Gasteiger partial charge < -0.3 is 4.42 Å². The molecule has 2 aromatic rings. The van der Waals surface area contributed by atoms with E-state index in [1.807, 2.05) is 24.5 Å². The summed E-state index contributed by atoms with van der Waals surface area (Å²) in [6.07, 6.45) is 11.3. The summed E-state index contributed by atoms with van der Waals surface area (Å²) in [5, 5.41) is 0. The third-order valence-electron chi connectivity index (χ3n) is 5.95. The summed E-state index contributed by atoms with van der Waals surface area (Å²) >= 11 is 0. The Morgan fingerprint density at radius 2 is 1.92 bits per heavy atom. The molecule has 2 bridgehead atoms. The van der Waals surface area contributed by atoms with Crippen LogP contribution in [0.25, 0.3) is 11.6 Å². The minimum atomic E-state index is 0.667. The number of fused-ring (bicyclic) bond motifs is 4. The predicted molar refractivity (Wildman–Crippen MR) is 95.8 cm³/mol. The fourth-order valence-electron chi connectivity index (χ4n) is 4.49. The molecule has 0 amide bonds. The number of furan rings is 1. The van der Waals surface area contributed by atoms with Gasteiger partial charge in [-0.2, -0.15) is 0 Å². The van der Waals surface area contributed by atoms with Crippen LogP contribution in [0.4, 0.5) is 0 Å². The molecule has 1 saturated carbocycles. The molecule has 0 N–H and O–H groups in total. The molecule has 3 aliphatic heterocycles. The SMILES string of the molecule is c1coc(-c2ncc(CN3C[C@@H]4CC[C@H](C3)N(CC3CC3)C4)cn2)c1.